The summed E-state index contributed by atoms with van der Waals surface area (Å²) in [5.41, 5.74) is 1.21. The van der Waals surface area contributed by atoms with Gasteiger partial charge in [-0.3, -0.25) is 9.69 Å². The zero-order valence-corrected chi connectivity index (χ0v) is 11.7. The largest absolute Gasteiger partial charge is 0.465 e. The molecule has 0 aliphatic rings. The molecule has 104 valence electrons. The van der Waals surface area contributed by atoms with Gasteiger partial charge in [-0.25, -0.2) is 0 Å². The third-order valence-corrected chi connectivity index (χ3v) is 2.79. The average molecular weight is 261 g/mol. The molecule has 3 heteroatoms. The highest BCUT2D eigenvalue weighted by atomic mass is 16.5. The molecule has 0 atom stereocenters. The molecule has 1 rings (SSSR count). The minimum atomic E-state index is -0.156. The molecule has 0 fully saturated rings. The third kappa shape index (κ3) is 6.77. The van der Waals surface area contributed by atoms with E-state index in [9.17, 15) is 4.79 Å². The van der Waals surface area contributed by atoms with Crippen molar-refractivity contribution >= 4 is 5.97 Å². The van der Waals surface area contributed by atoms with Crippen LogP contribution in [0.3, 0.4) is 0 Å². The van der Waals surface area contributed by atoms with E-state index in [2.05, 4.69) is 23.6 Å². The number of nitrogens with zero attached hydrogens (tertiary/aromatic N) is 1. The quantitative estimate of drug-likeness (QED) is 0.389. The summed E-state index contributed by atoms with van der Waals surface area (Å²) in [5, 5.41) is 0. The van der Waals surface area contributed by atoms with Crippen LogP contribution in [0.1, 0.15) is 25.3 Å². The van der Waals surface area contributed by atoms with Crippen LogP contribution in [0.15, 0.2) is 43.0 Å². The molecule has 0 unspecified atom stereocenters. The number of carbonyl (C=O) groups is 1. The van der Waals surface area contributed by atoms with E-state index < -0.39 is 0 Å². The van der Waals surface area contributed by atoms with Crippen molar-refractivity contribution in [3.05, 3.63) is 48.6 Å². The number of hydrogen-bond donors (Lipinski definition) is 0. The van der Waals surface area contributed by atoms with Crippen molar-refractivity contribution in [1.82, 2.24) is 4.90 Å². The van der Waals surface area contributed by atoms with Crippen molar-refractivity contribution in [2.24, 2.45) is 0 Å². The first-order valence-corrected chi connectivity index (χ1v) is 6.79. The summed E-state index contributed by atoms with van der Waals surface area (Å²) < 4.78 is 5.02. The lowest BCUT2D eigenvalue weighted by Gasteiger charge is -2.21. The summed E-state index contributed by atoms with van der Waals surface area (Å²) in [5.74, 6) is -0.156. The number of hydrogen-bond acceptors (Lipinski definition) is 3. The minimum absolute atomic E-state index is 0.156. The van der Waals surface area contributed by atoms with Gasteiger partial charge in [0.05, 0.1) is 13.2 Å². The Morgan fingerprint density at radius 1 is 1.37 bits per heavy atom. The topological polar surface area (TPSA) is 29.5 Å². The zero-order valence-electron chi connectivity index (χ0n) is 11.7. The fourth-order valence-corrected chi connectivity index (χ4v) is 1.90. The molecular formula is C16H23NO2. The van der Waals surface area contributed by atoms with Gasteiger partial charge in [-0.1, -0.05) is 36.4 Å². The Morgan fingerprint density at radius 3 is 2.74 bits per heavy atom. The van der Waals surface area contributed by atoms with Crippen molar-refractivity contribution in [3.63, 3.8) is 0 Å². The second-order valence-corrected chi connectivity index (χ2v) is 4.43. The van der Waals surface area contributed by atoms with Crippen molar-refractivity contribution in [3.8, 4) is 0 Å². The number of ether oxygens (including phenoxy) is 1. The summed E-state index contributed by atoms with van der Waals surface area (Å²) in [6.45, 7) is 7.98. The molecule has 0 aliphatic heterocycles. The second kappa shape index (κ2) is 9.34. The van der Waals surface area contributed by atoms with Crippen LogP contribution in [0.25, 0.3) is 0 Å². The molecule has 1 aromatic rings. The van der Waals surface area contributed by atoms with E-state index in [1.165, 1.54) is 5.56 Å². The van der Waals surface area contributed by atoms with Crippen LogP contribution >= 0.6 is 0 Å². The Morgan fingerprint density at radius 2 is 2.11 bits per heavy atom. The van der Waals surface area contributed by atoms with Crippen LogP contribution in [0.4, 0.5) is 0 Å². The van der Waals surface area contributed by atoms with Gasteiger partial charge in [0, 0.05) is 6.54 Å². The van der Waals surface area contributed by atoms with Gasteiger partial charge in [-0.2, -0.15) is 0 Å². The zero-order chi connectivity index (χ0) is 13.9. The third-order valence-electron chi connectivity index (χ3n) is 2.79. The fourth-order valence-electron chi connectivity index (χ4n) is 1.90. The Labute approximate surface area is 115 Å². The lowest BCUT2D eigenvalue weighted by Crippen LogP contribution is -2.31. The molecule has 0 N–H and O–H groups in total. The van der Waals surface area contributed by atoms with Crippen LogP contribution in [-0.4, -0.2) is 30.6 Å². The molecular weight excluding hydrogens is 238 g/mol. The van der Waals surface area contributed by atoms with E-state index >= 15 is 0 Å². The van der Waals surface area contributed by atoms with Crippen molar-refractivity contribution in [2.45, 2.75) is 26.3 Å². The summed E-state index contributed by atoms with van der Waals surface area (Å²) in [6.07, 6.45) is 3.88. The highest BCUT2D eigenvalue weighted by Crippen LogP contribution is 2.06. The van der Waals surface area contributed by atoms with Crippen LogP contribution < -0.4 is 0 Å². The molecule has 19 heavy (non-hydrogen) atoms. The van der Waals surface area contributed by atoms with Gasteiger partial charge in [-0.15, -0.1) is 6.58 Å². The molecule has 0 saturated heterocycles. The summed E-state index contributed by atoms with van der Waals surface area (Å²) >= 11 is 0. The van der Waals surface area contributed by atoms with E-state index in [0.717, 1.165) is 25.9 Å². The molecule has 0 radical (unpaired) electrons. The summed E-state index contributed by atoms with van der Waals surface area (Å²) in [6, 6.07) is 10.2. The minimum Gasteiger partial charge on any atom is -0.465 e. The number of esters is 1. The number of unbranched alkanes of at least 4 members (excludes halogenated alkanes) is 1. The van der Waals surface area contributed by atoms with Gasteiger partial charge in [0.25, 0.3) is 0 Å². The maximum absolute atomic E-state index is 11.6. The predicted octanol–water partition coefficient (Wildman–Crippen LogP) is 3.02. The Kier molecular flexibility index (Phi) is 7.59. The van der Waals surface area contributed by atoms with Gasteiger partial charge in [-0.05, 0) is 31.9 Å². The monoisotopic (exact) mass is 261 g/mol. The van der Waals surface area contributed by atoms with Crippen LogP contribution in [0, 0.1) is 0 Å². The summed E-state index contributed by atoms with van der Waals surface area (Å²) in [4.78, 5) is 13.7. The first-order chi connectivity index (χ1) is 9.26. The van der Waals surface area contributed by atoms with Crippen molar-refractivity contribution in [2.75, 3.05) is 19.7 Å². The van der Waals surface area contributed by atoms with Gasteiger partial charge >= 0.3 is 5.97 Å². The highest BCUT2D eigenvalue weighted by Gasteiger charge is 2.11. The molecule has 0 saturated carbocycles. The lowest BCUT2D eigenvalue weighted by atomic mass is 10.2. The Bertz CT molecular complexity index is 376. The smallest absolute Gasteiger partial charge is 0.320 e. The average Bonchev–Trinajstić information content (AvgIpc) is 2.40. The van der Waals surface area contributed by atoms with Gasteiger partial charge in [0.2, 0.25) is 0 Å². The molecule has 0 bridgehead atoms. The normalized spacial score (nSPS) is 10.4. The molecule has 3 nitrogen and oxygen atoms in total. The van der Waals surface area contributed by atoms with Crippen LogP contribution in [0.5, 0.6) is 0 Å². The fraction of sp³-hybridized carbons (Fsp3) is 0.438. The first kappa shape index (κ1) is 15.4. The van der Waals surface area contributed by atoms with Gasteiger partial charge in [0.15, 0.2) is 0 Å². The Hall–Kier alpha value is -1.61. The van der Waals surface area contributed by atoms with Crippen molar-refractivity contribution in [1.29, 1.82) is 0 Å². The van der Waals surface area contributed by atoms with Crippen LogP contribution in [0.2, 0.25) is 0 Å². The number of rotatable bonds is 9. The van der Waals surface area contributed by atoms with Crippen molar-refractivity contribution < 1.29 is 9.53 Å². The molecule has 0 amide bonds. The molecule has 0 aromatic heterocycles. The van der Waals surface area contributed by atoms with E-state index in [1.54, 1.807) is 0 Å². The summed E-state index contributed by atoms with van der Waals surface area (Å²) in [7, 11) is 0. The predicted molar refractivity (Wildman–Crippen MR) is 77.8 cm³/mol. The van der Waals surface area contributed by atoms with Gasteiger partial charge in [0.1, 0.15) is 0 Å². The second-order valence-electron chi connectivity index (χ2n) is 4.43. The Balaban J connectivity index is 2.52. The van der Waals surface area contributed by atoms with Gasteiger partial charge < -0.3 is 4.74 Å². The van der Waals surface area contributed by atoms with E-state index in [0.29, 0.717) is 13.2 Å². The van der Waals surface area contributed by atoms with E-state index in [-0.39, 0.29) is 5.97 Å². The maximum atomic E-state index is 11.6. The molecule has 0 aliphatic carbocycles. The van der Waals surface area contributed by atoms with E-state index in [4.69, 9.17) is 4.74 Å². The highest BCUT2D eigenvalue weighted by molar-refractivity contribution is 5.71. The van der Waals surface area contributed by atoms with E-state index in [1.807, 2.05) is 31.2 Å². The number of carbonyl (C=O) groups excluding carboxylic acids is 1. The standard InChI is InChI=1S/C16H23NO2/c1-3-5-9-12-17(14-16(18)19-4-2)13-15-10-7-6-8-11-15/h3,6-8,10-11H,1,4-5,9,12-14H2,2H3. The molecule has 1 aromatic carbocycles. The first-order valence-electron chi connectivity index (χ1n) is 6.79. The SMILES string of the molecule is C=CCCCN(CC(=O)OCC)Cc1ccccc1. The van der Waals surface area contributed by atoms with Crippen LogP contribution in [-0.2, 0) is 16.1 Å². The molecule has 0 spiro atoms. The molecule has 0 heterocycles. The number of benzene rings is 1. The number of allylic oxidation sites excluding steroid dienone is 1. The maximum Gasteiger partial charge on any atom is 0.320 e. The lowest BCUT2D eigenvalue weighted by molar-refractivity contribution is -0.144.